The molecular weight excluding hydrogens is 1080 g/mol. The monoisotopic (exact) mass is 1130 g/mol. The molecule has 17 heteroatoms. The summed E-state index contributed by atoms with van der Waals surface area (Å²) in [7, 11) is 1.58. The Hall–Kier alpha value is -6.51. The van der Waals surface area contributed by atoms with E-state index in [0.717, 1.165) is 69.4 Å². The van der Waals surface area contributed by atoms with Gasteiger partial charge in [-0.05, 0) is 52.1 Å². The topological polar surface area (TPSA) is 144 Å². The van der Waals surface area contributed by atoms with Gasteiger partial charge in [-0.1, -0.05) is 173 Å². The molecule has 6 aromatic carbocycles. The van der Waals surface area contributed by atoms with Gasteiger partial charge >= 0.3 is 5.97 Å². The molecule has 2 amide bonds. The molecule has 0 bridgehead atoms. The number of thioether (sulfide) groups is 2. The minimum atomic E-state index is -0.901. The molecule has 0 aliphatic carbocycles. The number of fused-ring (bicyclic) bond motifs is 2. The van der Waals surface area contributed by atoms with Crippen LogP contribution < -0.4 is 15.4 Å². The van der Waals surface area contributed by atoms with Crippen LogP contribution in [0.4, 0.5) is 5.13 Å². The van der Waals surface area contributed by atoms with E-state index in [9.17, 15) is 14.4 Å². The van der Waals surface area contributed by atoms with Gasteiger partial charge in [0.15, 0.2) is 9.47 Å². The van der Waals surface area contributed by atoms with Crippen molar-refractivity contribution < 1.29 is 28.7 Å². The summed E-state index contributed by atoms with van der Waals surface area (Å²) in [4.78, 5) is 58.9. The summed E-state index contributed by atoms with van der Waals surface area (Å²) in [5.74, 6) is -0.608. The zero-order valence-electron chi connectivity index (χ0n) is 37.9. The molecular formula is C54H43IN6O6S4. The molecule has 0 spiro atoms. The number of amides is 2. The fourth-order valence-electron chi connectivity index (χ4n) is 8.46. The Labute approximate surface area is 440 Å². The first-order valence-electron chi connectivity index (χ1n) is 22.4. The van der Waals surface area contributed by atoms with Gasteiger partial charge in [0.05, 0.1) is 23.0 Å². The quantitative estimate of drug-likeness (QED) is 0.0161. The van der Waals surface area contributed by atoms with Crippen molar-refractivity contribution in [1.29, 1.82) is 0 Å². The zero-order chi connectivity index (χ0) is 48.7. The lowest BCUT2D eigenvalue weighted by atomic mass is 9.77. The lowest BCUT2D eigenvalue weighted by Gasteiger charge is -2.49. The van der Waals surface area contributed by atoms with E-state index in [2.05, 4.69) is 93.0 Å². The second kappa shape index (κ2) is 21.9. The summed E-state index contributed by atoms with van der Waals surface area (Å²) in [5, 5.41) is 12.8. The maximum atomic E-state index is 14.0. The molecule has 2 aromatic heterocycles. The maximum absolute atomic E-state index is 14.0. The molecule has 1 saturated heterocycles. The Balaban J connectivity index is 0.812. The second-order valence-electron chi connectivity index (χ2n) is 16.3. The van der Waals surface area contributed by atoms with E-state index < -0.39 is 34.7 Å². The lowest BCUT2D eigenvalue weighted by Crippen LogP contribution is -2.70. The highest BCUT2D eigenvalue weighted by molar-refractivity contribution is 14.1. The number of hydrogen-bond donors (Lipinski definition) is 2. The molecule has 356 valence electrons. The third-order valence-corrected chi connectivity index (χ3v) is 17.2. The number of ether oxygens (including phenoxy) is 2. The number of thiazole rings is 2. The lowest BCUT2D eigenvalue weighted by molar-refractivity contribution is -0.153. The summed E-state index contributed by atoms with van der Waals surface area (Å²) in [6, 6.07) is 51.4. The maximum Gasteiger partial charge on any atom is 0.356 e. The third kappa shape index (κ3) is 10.3. The Morgan fingerprint density at radius 1 is 0.845 bits per heavy atom. The van der Waals surface area contributed by atoms with Crippen molar-refractivity contribution in [3.63, 3.8) is 0 Å². The summed E-state index contributed by atoms with van der Waals surface area (Å²) >= 11 is 8.17. The third-order valence-electron chi connectivity index (χ3n) is 11.9. The molecule has 10 rings (SSSR count). The Kier molecular flexibility index (Phi) is 14.8. The van der Waals surface area contributed by atoms with Gasteiger partial charge < -0.3 is 24.9 Å². The van der Waals surface area contributed by atoms with Crippen LogP contribution in [0.3, 0.4) is 0 Å². The molecule has 2 aliphatic rings. The van der Waals surface area contributed by atoms with Crippen LogP contribution in [0.1, 0.15) is 33.4 Å². The zero-order valence-corrected chi connectivity index (χ0v) is 43.3. The molecule has 1 fully saturated rings. The highest BCUT2D eigenvalue weighted by Gasteiger charge is 2.54. The first kappa shape index (κ1) is 48.1. The normalized spacial score (nSPS) is 15.6. The number of β-lactam (4-membered cyclic amide) rings is 1. The van der Waals surface area contributed by atoms with Gasteiger partial charge in [0.1, 0.15) is 47.8 Å². The van der Waals surface area contributed by atoms with Crippen LogP contribution in [0.15, 0.2) is 183 Å². The second-order valence-corrected chi connectivity index (χ2v) is 21.4. The van der Waals surface area contributed by atoms with Crippen molar-refractivity contribution >= 4 is 108 Å². The largest absolute Gasteiger partial charge is 0.497 e. The molecule has 0 unspecified atom stereocenters. The van der Waals surface area contributed by atoms with Gasteiger partial charge in [-0.3, -0.25) is 14.5 Å². The van der Waals surface area contributed by atoms with Crippen molar-refractivity contribution in [2.75, 3.05) is 18.2 Å². The van der Waals surface area contributed by atoms with Gasteiger partial charge in [-0.2, -0.15) is 0 Å². The average Bonchev–Trinajstić information content (AvgIpc) is 4.07. The Morgan fingerprint density at radius 2 is 1.51 bits per heavy atom. The number of oxime groups is 1. The summed E-state index contributed by atoms with van der Waals surface area (Å²) < 4.78 is 13.7. The van der Waals surface area contributed by atoms with Crippen LogP contribution >= 0.6 is 68.8 Å². The number of benzene rings is 6. The minimum absolute atomic E-state index is 0.00759. The number of nitrogens with zero attached hydrogens (tertiary/aromatic N) is 4. The van der Waals surface area contributed by atoms with Crippen LogP contribution in [0, 0.1) is 0 Å². The highest BCUT2D eigenvalue weighted by atomic mass is 127. The number of halogens is 1. The Bertz CT molecular complexity index is 3170. The van der Waals surface area contributed by atoms with E-state index >= 15 is 0 Å². The number of anilines is 1. The summed E-state index contributed by atoms with van der Waals surface area (Å²) in [6.45, 7) is 0.0461. The number of methoxy groups -OCH3 is 1. The van der Waals surface area contributed by atoms with Crippen molar-refractivity contribution in [1.82, 2.24) is 20.2 Å². The van der Waals surface area contributed by atoms with Crippen LogP contribution in [-0.4, -0.2) is 63.1 Å². The van der Waals surface area contributed by atoms with E-state index in [-0.39, 0.29) is 18.9 Å². The van der Waals surface area contributed by atoms with Crippen molar-refractivity contribution in [3.05, 3.63) is 207 Å². The van der Waals surface area contributed by atoms with Gasteiger partial charge in [0.25, 0.3) is 11.8 Å². The van der Waals surface area contributed by atoms with Crippen molar-refractivity contribution in [2.24, 2.45) is 5.16 Å². The molecule has 2 N–H and O–H groups in total. The smallest absolute Gasteiger partial charge is 0.356 e. The molecule has 0 radical (unpaired) electrons. The number of rotatable bonds is 18. The van der Waals surface area contributed by atoms with Crippen LogP contribution in [0.25, 0.3) is 21.5 Å². The number of esters is 1. The van der Waals surface area contributed by atoms with Gasteiger partial charge in [0, 0.05) is 31.6 Å². The number of aromatic nitrogens is 2. The first-order valence-corrected chi connectivity index (χ1v) is 27.5. The van der Waals surface area contributed by atoms with Crippen LogP contribution in [0.2, 0.25) is 0 Å². The van der Waals surface area contributed by atoms with E-state index in [1.165, 1.54) is 56.7 Å². The van der Waals surface area contributed by atoms with Gasteiger partial charge in [0.2, 0.25) is 0 Å². The van der Waals surface area contributed by atoms with Gasteiger partial charge in [-0.15, -0.1) is 34.4 Å². The number of hydrogen-bond acceptors (Lipinski definition) is 14. The fourth-order valence-corrected chi connectivity index (χ4v) is 13.4. The SMILES string of the molecule is COc1ccc(COC(=O)C2=C(Sc3nc4cc(CI)ccc4s3)CS[C@H]3[C@H](NC(=O)/C=N\OCc4ccccc4-c4csc(NC(c5ccccc5)(c5ccccc5)c5ccccc5)n4)C(=O)N23)cc1. The van der Waals surface area contributed by atoms with E-state index in [4.69, 9.17) is 24.3 Å². The molecule has 0 saturated carbocycles. The van der Waals surface area contributed by atoms with E-state index in [1.807, 2.05) is 96.4 Å². The van der Waals surface area contributed by atoms with Crippen molar-refractivity contribution in [2.45, 2.75) is 38.9 Å². The molecule has 71 heavy (non-hydrogen) atoms. The standard InChI is InChI=1S/C54H43IN6O6S4/c1-65-40-24-21-34(22-25-40)30-66-51(64)48-45(71-53-58-42-27-35(28-55)23-26-44(42)70-53)33-68-50-47(49(63)61(48)50)59-46(62)29-56-67-31-36-13-11-12-20-41(36)43-32-69-52(57-43)60-54(37-14-5-2-6-15-37,38-16-7-3-8-17-38)39-18-9-4-10-19-39/h2-27,29,32,47,50H,28,30-31,33H2,1H3,(H,57,60)(H,59,62)/b56-29-/t47-,50+/m1/s1. The van der Waals surface area contributed by atoms with Crippen LogP contribution in [-0.2, 0) is 47.1 Å². The number of carbonyl (C=O) groups excluding carboxylic acids is 3. The molecule has 12 nitrogen and oxygen atoms in total. The summed E-state index contributed by atoms with van der Waals surface area (Å²) in [6.07, 6.45) is 1.02. The molecule has 8 aromatic rings. The summed E-state index contributed by atoms with van der Waals surface area (Å²) in [5.41, 5.74) is 7.85. The predicted octanol–water partition coefficient (Wildman–Crippen LogP) is 11.4. The van der Waals surface area contributed by atoms with Gasteiger partial charge in [-0.25, -0.2) is 14.8 Å². The molecule has 4 heterocycles. The first-order chi connectivity index (χ1) is 34.8. The minimum Gasteiger partial charge on any atom is -0.497 e. The van der Waals surface area contributed by atoms with Crippen LogP contribution in [0.5, 0.6) is 5.75 Å². The molecule has 2 atom stereocenters. The predicted molar refractivity (Wildman–Crippen MR) is 292 cm³/mol. The molecule has 2 aliphatic heterocycles. The number of alkyl halides is 1. The Morgan fingerprint density at radius 3 is 2.18 bits per heavy atom. The number of nitrogens with one attached hydrogen (secondary N) is 2. The average molecular weight is 1130 g/mol. The van der Waals surface area contributed by atoms with Crippen molar-refractivity contribution in [3.8, 4) is 17.0 Å². The highest BCUT2D eigenvalue weighted by Crippen LogP contribution is 2.47. The fraction of sp³-hybridized carbons (Fsp3) is 0.148. The van der Waals surface area contributed by atoms with E-state index in [1.54, 1.807) is 19.2 Å². The number of carbonyl (C=O) groups is 3. The van der Waals surface area contributed by atoms with E-state index in [0.29, 0.717) is 16.4 Å².